The van der Waals surface area contributed by atoms with Gasteiger partial charge in [-0.25, -0.2) is 0 Å². The number of hydrogen-bond acceptors (Lipinski definition) is 1. The standard InChI is InChI=1S/C12H19N/c1-4-5-6-11-7-9(2)10(3)8-12(11)13/h7-8H,4-6,13H2,1-3H3. The molecule has 0 unspecified atom stereocenters. The van der Waals surface area contributed by atoms with Gasteiger partial charge in [0.05, 0.1) is 0 Å². The Kier molecular flexibility index (Phi) is 3.35. The number of nitrogen functional groups attached to an aromatic ring is 1. The third kappa shape index (κ3) is 2.48. The number of nitrogens with two attached hydrogens (primary N) is 1. The van der Waals surface area contributed by atoms with Gasteiger partial charge in [0.1, 0.15) is 0 Å². The lowest BCUT2D eigenvalue weighted by molar-refractivity contribution is 0.795. The molecule has 0 bridgehead atoms. The molecule has 1 rings (SSSR count). The lowest BCUT2D eigenvalue weighted by atomic mass is 10.0. The summed E-state index contributed by atoms with van der Waals surface area (Å²) in [7, 11) is 0. The van der Waals surface area contributed by atoms with Crippen LogP contribution in [0.1, 0.15) is 36.5 Å². The maximum absolute atomic E-state index is 5.93. The van der Waals surface area contributed by atoms with Crippen molar-refractivity contribution in [3.63, 3.8) is 0 Å². The van der Waals surface area contributed by atoms with E-state index in [9.17, 15) is 0 Å². The van der Waals surface area contributed by atoms with Crippen molar-refractivity contribution in [2.45, 2.75) is 40.0 Å². The second-order valence-electron chi connectivity index (χ2n) is 3.74. The molecule has 0 spiro atoms. The highest BCUT2D eigenvalue weighted by molar-refractivity contribution is 5.51. The molecule has 1 heteroatoms. The van der Waals surface area contributed by atoms with E-state index in [0.29, 0.717) is 0 Å². The van der Waals surface area contributed by atoms with Gasteiger partial charge in [0, 0.05) is 5.69 Å². The lowest BCUT2D eigenvalue weighted by Crippen LogP contribution is -1.97. The molecule has 2 N–H and O–H groups in total. The fraction of sp³-hybridized carbons (Fsp3) is 0.500. The average Bonchev–Trinajstić information content (AvgIpc) is 2.09. The summed E-state index contributed by atoms with van der Waals surface area (Å²) < 4.78 is 0. The predicted octanol–water partition coefficient (Wildman–Crippen LogP) is 3.23. The predicted molar refractivity (Wildman–Crippen MR) is 58.9 cm³/mol. The first-order valence-electron chi connectivity index (χ1n) is 5.00. The molecule has 13 heavy (non-hydrogen) atoms. The van der Waals surface area contributed by atoms with Crippen LogP contribution in [0.25, 0.3) is 0 Å². The molecule has 0 heterocycles. The van der Waals surface area contributed by atoms with Crippen molar-refractivity contribution >= 4 is 5.69 Å². The topological polar surface area (TPSA) is 26.0 Å². The molecule has 0 aromatic heterocycles. The van der Waals surface area contributed by atoms with Crippen molar-refractivity contribution in [3.8, 4) is 0 Å². The number of aryl methyl sites for hydroxylation is 3. The second-order valence-corrected chi connectivity index (χ2v) is 3.74. The first-order valence-corrected chi connectivity index (χ1v) is 5.00. The number of benzene rings is 1. The monoisotopic (exact) mass is 177 g/mol. The van der Waals surface area contributed by atoms with Crippen LogP contribution < -0.4 is 5.73 Å². The van der Waals surface area contributed by atoms with Crippen molar-refractivity contribution in [1.29, 1.82) is 0 Å². The summed E-state index contributed by atoms with van der Waals surface area (Å²) in [4.78, 5) is 0. The van der Waals surface area contributed by atoms with Gasteiger partial charge in [-0.3, -0.25) is 0 Å². The van der Waals surface area contributed by atoms with E-state index in [0.717, 1.165) is 12.1 Å². The van der Waals surface area contributed by atoms with Crippen LogP contribution in [0.5, 0.6) is 0 Å². The van der Waals surface area contributed by atoms with E-state index >= 15 is 0 Å². The maximum atomic E-state index is 5.93. The molecule has 0 atom stereocenters. The van der Waals surface area contributed by atoms with E-state index < -0.39 is 0 Å². The Morgan fingerprint density at radius 3 is 2.38 bits per heavy atom. The Hall–Kier alpha value is -0.980. The minimum Gasteiger partial charge on any atom is -0.398 e. The quantitative estimate of drug-likeness (QED) is 0.705. The SMILES string of the molecule is CCCCc1cc(C)c(C)cc1N. The average molecular weight is 177 g/mol. The molecule has 0 saturated heterocycles. The van der Waals surface area contributed by atoms with E-state index in [1.807, 2.05) is 0 Å². The van der Waals surface area contributed by atoms with Crippen LogP contribution in [-0.4, -0.2) is 0 Å². The molecule has 0 aliphatic carbocycles. The molecule has 1 aromatic rings. The molecule has 0 aliphatic rings. The van der Waals surface area contributed by atoms with Gasteiger partial charge in [0.25, 0.3) is 0 Å². The molecule has 0 aliphatic heterocycles. The zero-order valence-corrected chi connectivity index (χ0v) is 8.85. The highest BCUT2D eigenvalue weighted by Crippen LogP contribution is 2.19. The fourth-order valence-electron chi connectivity index (χ4n) is 1.48. The molecule has 0 amide bonds. The Balaban J connectivity index is 2.88. The van der Waals surface area contributed by atoms with Crippen LogP contribution >= 0.6 is 0 Å². The Labute approximate surface area is 81.0 Å². The fourth-order valence-corrected chi connectivity index (χ4v) is 1.48. The molecular formula is C12H19N. The Morgan fingerprint density at radius 2 is 1.77 bits per heavy atom. The number of unbranched alkanes of at least 4 members (excludes halogenated alkanes) is 1. The van der Waals surface area contributed by atoms with Gasteiger partial charge in [-0.2, -0.15) is 0 Å². The van der Waals surface area contributed by atoms with Gasteiger partial charge in [-0.15, -0.1) is 0 Å². The van der Waals surface area contributed by atoms with Gasteiger partial charge >= 0.3 is 0 Å². The van der Waals surface area contributed by atoms with Crippen LogP contribution in [-0.2, 0) is 6.42 Å². The van der Waals surface area contributed by atoms with Crippen LogP contribution in [0.4, 0.5) is 5.69 Å². The molecule has 72 valence electrons. The highest BCUT2D eigenvalue weighted by atomic mass is 14.6. The van der Waals surface area contributed by atoms with E-state index in [1.54, 1.807) is 0 Å². The Morgan fingerprint density at radius 1 is 1.15 bits per heavy atom. The van der Waals surface area contributed by atoms with Gasteiger partial charge in [-0.1, -0.05) is 19.4 Å². The van der Waals surface area contributed by atoms with Gasteiger partial charge in [0.2, 0.25) is 0 Å². The van der Waals surface area contributed by atoms with Crippen molar-refractivity contribution in [2.24, 2.45) is 0 Å². The van der Waals surface area contributed by atoms with E-state index in [1.165, 1.54) is 29.5 Å². The van der Waals surface area contributed by atoms with Crippen LogP contribution in [0.15, 0.2) is 12.1 Å². The summed E-state index contributed by atoms with van der Waals surface area (Å²) in [6.45, 7) is 6.46. The molecule has 1 aromatic carbocycles. The number of anilines is 1. The minimum absolute atomic E-state index is 0.955. The van der Waals surface area contributed by atoms with Gasteiger partial charge in [0.15, 0.2) is 0 Å². The van der Waals surface area contributed by atoms with Crippen LogP contribution in [0.2, 0.25) is 0 Å². The first kappa shape index (κ1) is 10.1. The maximum Gasteiger partial charge on any atom is 0.0349 e. The summed E-state index contributed by atoms with van der Waals surface area (Å²) in [5.74, 6) is 0. The smallest absolute Gasteiger partial charge is 0.0349 e. The van der Waals surface area contributed by atoms with Gasteiger partial charge < -0.3 is 5.73 Å². The first-order chi connectivity index (χ1) is 6.15. The summed E-state index contributed by atoms with van der Waals surface area (Å²) in [5.41, 5.74) is 10.8. The molecular weight excluding hydrogens is 158 g/mol. The number of hydrogen-bond donors (Lipinski definition) is 1. The van der Waals surface area contributed by atoms with E-state index in [-0.39, 0.29) is 0 Å². The van der Waals surface area contributed by atoms with E-state index in [4.69, 9.17) is 5.73 Å². The van der Waals surface area contributed by atoms with Gasteiger partial charge in [-0.05, 0) is 49.4 Å². The van der Waals surface area contributed by atoms with Crippen molar-refractivity contribution in [3.05, 3.63) is 28.8 Å². The molecule has 0 radical (unpaired) electrons. The third-order valence-corrected chi connectivity index (χ3v) is 2.56. The Bertz CT molecular complexity index is 289. The zero-order valence-electron chi connectivity index (χ0n) is 8.85. The summed E-state index contributed by atoms with van der Waals surface area (Å²) in [5, 5.41) is 0. The van der Waals surface area contributed by atoms with E-state index in [2.05, 4.69) is 32.9 Å². The van der Waals surface area contributed by atoms with Crippen molar-refractivity contribution in [1.82, 2.24) is 0 Å². The summed E-state index contributed by atoms with van der Waals surface area (Å²) in [6, 6.07) is 4.31. The normalized spacial score (nSPS) is 10.4. The molecule has 1 nitrogen and oxygen atoms in total. The molecule has 0 saturated carbocycles. The second kappa shape index (κ2) is 4.31. The van der Waals surface area contributed by atoms with Crippen LogP contribution in [0.3, 0.4) is 0 Å². The van der Waals surface area contributed by atoms with Crippen molar-refractivity contribution in [2.75, 3.05) is 5.73 Å². The highest BCUT2D eigenvalue weighted by Gasteiger charge is 2.01. The van der Waals surface area contributed by atoms with Crippen molar-refractivity contribution < 1.29 is 0 Å². The zero-order chi connectivity index (χ0) is 9.84. The number of rotatable bonds is 3. The minimum atomic E-state index is 0.955. The lowest BCUT2D eigenvalue weighted by Gasteiger charge is -2.08. The summed E-state index contributed by atoms with van der Waals surface area (Å²) in [6.07, 6.45) is 3.57. The molecule has 0 fully saturated rings. The third-order valence-electron chi connectivity index (χ3n) is 2.56. The van der Waals surface area contributed by atoms with Crippen LogP contribution in [0, 0.1) is 13.8 Å². The largest absolute Gasteiger partial charge is 0.398 e. The summed E-state index contributed by atoms with van der Waals surface area (Å²) >= 11 is 0.